The van der Waals surface area contributed by atoms with Crippen molar-refractivity contribution in [2.45, 2.75) is 6.18 Å². The van der Waals surface area contributed by atoms with Crippen molar-refractivity contribution in [3.63, 3.8) is 0 Å². The fourth-order valence-corrected chi connectivity index (χ4v) is 1.87. The minimum Gasteiger partial charge on any atom is -0.395 e. The van der Waals surface area contributed by atoms with E-state index in [4.69, 9.17) is 16.7 Å². The number of benzene rings is 1. The molecular formula is C11H11ClF3NO2. The highest BCUT2D eigenvalue weighted by molar-refractivity contribution is 6.33. The van der Waals surface area contributed by atoms with E-state index >= 15 is 0 Å². The summed E-state index contributed by atoms with van der Waals surface area (Å²) in [5.74, 6) is 0. The van der Waals surface area contributed by atoms with E-state index in [-0.39, 0.29) is 22.8 Å². The standard InChI is InChI=1S/C11H11ClF3NO2/c12-9-3-1-2-8(6-18)10(9)16(4-5-17)7-11(13,14)15/h1-3,6,17H,4-5,7H2. The van der Waals surface area contributed by atoms with Crippen molar-refractivity contribution in [2.24, 2.45) is 0 Å². The van der Waals surface area contributed by atoms with Gasteiger partial charge in [-0.3, -0.25) is 4.79 Å². The predicted octanol–water partition coefficient (Wildman–Crippen LogP) is 2.51. The van der Waals surface area contributed by atoms with Gasteiger partial charge in [-0.05, 0) is 12.1 Å². The van der Waals surface area contributed by atoms with E-state index < -0.39 is 19.3 Å². The molecule has 0 aromatic heterocycles. The zero-order valence-corrected chi connectivity index (χ0v) is 10.0. The number of aliphatic hydroxyl groups excluding tert-OH is 1. The lowest BCUT2D eigenvalue weighted by molar-refractivity contribution is -0.119. The molecule has 0 unspecified atom stereocenters. The lowest BCUT2D eigenvalue weighted by atomic mass is 10.1. The number of hydrogen-bond acceptors (Lipinski definition) is 3. The number of carbonyl (C=O) groups excluding carboxylic acids is 1. The molecule has 1 aromatic rings. The molecule has 0 saturated carbocycles. The summed E-state index contributed by atoms with van der Waals surface area (Å²) >= 11 is 5.82. The number of rotatable bonds is 5. The molecule has 0 heterocycles. The Bertz CT molecular complexity index is 423. The van der Waals surface area contributed by atoms with Gasteiger partial charge in [0.15, 0.2) is 6.29 Å². The minimum atomic E-state index is -4.45. The van der Waals surface area contributed by atoms with E-state index in [1.165, 1.54) is 18.2 Å². The molecule has 0 aliphatic rings. The van der Waals surface area contributed by atoms with Crippen LogP contribution < -0.4 is 4.90 Å². The molecule has 1 rings (SSSR count). The number of carbonyl (C=O) groups is 1. The molecule has 0 aliphatic carbocycles. The Balaban J connectivity index is 3.16. The third-order valence-corrected chi connectivity index (χ3v) is 2.51. The summed E-state index contributed by atoms with van der Waals surface area (Å²) in [5.41, 5.74) is 0.0424. The van der Waals surface area contributed by atoms with Gasteiger partial charge in [-0.2, -0.15) is 13.2 Å². The van der Waals surface area contributed by atoms with Gasteiger partial charge in [0, 0.05) is 12.1 Å². The van der Waals surface area contributed by atoms with Crippen LogP contribution in [0.3, 0.4) is 0 Å². The molecule has 0 spiro atoms. The van der Waals surface area contributed by atoms with Gasteiger partial charge >= 0.3 is 6.18 Å². The Labute approximate surface area is 107 Å². The highest BCUT2D eigenvalue weighted by Crippen LogP contribution is 2.31. The second-order valence-corrected chi connectivity index (χ2v) is 3.96. The van der Waals surface area contributed by atoms with Gasteiger partial charge in [0.25, 0.3) is 0 Å². The Morgan fingerprint density at radius 3 is 2.56 bits per heavy atom. The van der Waals surface area contributed by atoms with Crippen LogP contribution in [0.2, 0.25) is 5.02 Å². The average molecular weight is 282 g/mol. The van der Waals surface area contributed by atoms with E-state index in [0.29, 0.717) is 6.29 Å². The second-order valence-electron chi connectivity index (χ2n) is 3.56. The van der Waals surface area contributed by atoms with Crippen LogP contribution in [0, 0.1) is 0 Å². The van der Waals surface area contributed by atoms with Gasteiger partial charge in [-0.25, -0.2) is 0 Å². The fraction of sp³-hybridized carbons (Fsp3) is 0.364. The molecule has 0 amide bonds. The second kappa shape index (κ2) is 6.06. The number of halogens is 4. The Morgan fingerprint density at radius 1 is 1.39 bits per heavy atom. The van der Waals surface area contributed by atoms with Crippen LogP contribution in [0.15, 0.2) is 18.2 Å². The highest BCUT2D eigenvalue weighted by atomic mass is 35.5. The maximum Gasteiger partial charge on any atom is 0.405 e. The molecule has 1 N–H and O–H groups in total. The number of anilines is 1. The number of aldehydes is 1. The Morgan fingerprint density at radius 2 is 2.06 bits per heavy atom. The van der Waals surface area contributed by atoms with E-state index in [9.17, 15) is 18.0 Å². The van der Waals surface area contributed by atoms with E-state index in [2.05, 4.69) is 0 Å². The first-order chi connectivity index (χ1) is 8.39. The number of aliphatic hydroxyl groups is 1. The third kappa shape index (κ3) is 3.89. The summed E-state index contributed by atoms with van der Waals surface area (Å²) < 4.78 is 37.3. The number of alkyl halides is 3. The molecule has 100 valence electrons. The van der Waals surface area contributed by atoms with Gasteiger partial charge in [0.05, 0.1) is 17.3 Å². The predicted molar refractivity (Wildman–Crippen MR) is 62.2 cm³/mol. The van der Waals surface area contributed by atoms with E-state index in [1.807, 2.05) is 0 Å². The van der Waals surface area contributed by atoms with Gasteiger partial charge in [-0.1, -0.05) is 17.7 Å². The first-order valence-corrected chi connectivity index (χ1v) is 5.43. The molecule has 0 bridgehead atoms. The van der Waals surface area contributed by atoms with Gasteiger partial charge < -0.3 is 10.0 Å². The summed E-state index contributed by atoms with van der Waals surface area (Å²) in [6.07, 6.45) is -4.02. The number of nitrogens with zero attached hydrogens (tertiary/aromatic N) is 1. The summed E-state index contributed by atoms with van der Waals surface area (Å²) in [6.45, 7) is -2.01. The van der Waals surface area contributed by atoms with Crippen LogP contribution in [0.5, 0.6) is 0 Å². The summed E-state index contributed by atoms with van der Waals surface area (Å²) in [5, 5.41) is 8.85. The monoisotopic (exact) mass is 281 g/mol. The number of hydrogen-bond donors (Lipinski definition) is 1. The topological polar surface area (TPSA) is 40.5 Å². The fourth-order valence-electron chi connectivity index (χ4n) is 1.57. The van der Waals surface area contributed by atoms with Crippen LogP contribution in [0.1, 0.15) is 10.4 Å². The largest absolute Gasteiger partial charge is 0.405 e. The van der Waals surface area contributed by atoms with Gasteiger partial charge in [0.2, 0.25) is 0 Å². The normalized spacial score (nSPS) is 11.4. The maximum atomic E-state index is 12.4. The van der Waals surface area contributed by atoms with Crippen molar-refractivity contribution in [3.05, 3.63) is 28.8 Å². The van der Waals surface area contributed by atoms with Crippen LogP contribution in [-0.4, -0.2) is 37.3 Å². The third-order valence-electron chi connectivity index (χ3n) is 2.20. The molecule has 7 heteroatoms. The zero-order chi connectivity index (χ0) is 13.8. The molecule has 0 fully saturated rings. The lowest BCUT2D eigenvalue weighted by Gasteiger charge is -2.27. The minimum absolute atomic E-state index is 0.0134. The first kappa shape index (κ1) is 14.8. The lowest BCUT2D eigenvalue weighted by Crippen LogP contribution is -2.37. The van der Waals surface area contributed by atoms with Gasteiger partial charge in [-0.15, -0.1) is 0 Å². The van der Waals surface area contributed by atoms with Crippen molar-refractivity contribution < 1.29 is 23.1 Å². The quantitative estimate of drug-likeness (QED) is 0.843. The molecule has 3 nitrogen and oxygen atoms in total. The van der Waals surface area contributed by atoms with E-state index in [0.717, 1.165) is 4.90 Å². The molecule has 1 aromatic carbocycles. The summed E-state index contributed by atoms with van der Waals surface area (Å²) in [4.78, 5) is 11.7. The highest BCUT2D eigenvalue weighted by Gasteiger charge is 2.32. The average Bonchev–Trinajstić information content (AvgIpc) is 2.26. The first-order valence-electron chi connectivity index (χ1n) is 5.05. The van der Waals surface area contributed by atoms with Crippen LogP contribution in [0.25, 0.3) is 0 Å². The van der Waals surface area contributed by atoms with Crippen molar-refractivity contribution in [2.75, 3.05) is 24.6 Å². The van der Waals surface area contributed by atoms with Crippen molar-refractivity contribution >= 4 is 23.6 Å². The maximum absolute atomic E-state index is 12.4. The van der Waals surface area contributed by atoms with Crippen molar-refractivity contribution in [3.8, 4) is 0 Å². The number of para-hydroxylation sites is 1. The van der Waals surface area contributed by atoms with Crippen LogP contribution in [-0.2, 0) is 0 Å². The molecule has 0 aliphatic heterocycles. The smallest absolute Gasteiger partial charge is 0.395 e. The van der Waals surface area contributed by atoms with Crippen molar-refractivity contribution in [1.29, 1.82) is 0 Å². The molecule has 0 radical (unpaired) electrons. The SMILES string of the molecule is O=Cc1cccc(Cl)c1N(CCO)CC(F)(F)F. The molecular weight excluding hydrogens is 271 g/mol. The van der Waals surface area contributed by atoms with Crippen LogP contribution in [0.4, 0.5) is 18.9 Å². The Kier molecular flexibility index (Phi) is 4.98. The molecule has 0 atom stereocenters. The zero-order valence-electron chi connectivity index (χ0n) is 9.25. The van der Waals surface area contributed by atoms with Crippen molar-refractivity contribution in [1.82, 2.24) is 0 Å². The summed E-state index contributed by atoms with van der Waals surface area (Å²) in [7, 11) is 0. The molecule has 18 heavy (non-hydrogen) atoms. The molecule has 0 saturated heterocycles. The van der Waals surface area contributed by atoms with E-state index in [1.54, 1.807) is 0 Å². The Hall–Kier alpha value is -1.27. The van der Waals surface area contributed by atoms with Crippen LogP contribution >= 0.6 is 11.6 Å². The summed E-state index contributed by atoms with van der Waals surface area (Å²) in [6, 6.07) is 4.24. The van der Waals surface area contributed by atoms with Gasteiger partial charge in [0.1, 0.15) is 6.54 Å².